The predicted molar refractivity (Wildman–Crippen MR) is 279 cm³/mol. The Hall–Kier alpha value is -8.86. The van der Waals surface area contributed by atoms with Gasteiger partial charge >= 0.3 is 11.9 Å². The van der Waals surface area contributed by atoms with Gasteiger partial charge in [-0.05, 0) is 102 Å². The van der Waals surface area contributed by atoms with Crippen molar-refractivity contribution in [1.29, 1.82) is 0 Å². The van der Waals surface area contributed by atoms with Crippen molar-refractivity contribution in [2.24, 2.45) is 11.8 Å². The molecule has 2 aromatic heterocycles. The van der Waals surface area contributed by atoms with Crippen molar-refractivity contribution >= 4 is 45.6 Å². The molecule has 8 rings (SSSR count). The summed E-state index contributed by atoms with van der Waals surface area (Å²) in [5.41, 5.74) is 1.68. The van der Waals surface area contributed by atoms with E-state index in [-0.39, 0.29) is 57.8 Å². The quantitative estimate of drug-likeness (QED) is 0.0564. The fourth-order valence-corrected chi connectivity index (χ4v) is 9.21. The average molecular weight is 1020 g/mol. The largest absolute Gasteiger partial charge is 0.481 e. The number of para-hydroxylation sites is 2. The highest BCUT2D eigenvalue weighted by atomic mass is 19.1. The number of carbonyl (C=O) groups excluding carboxylic acids is 2. The third-order valence-corrected chi connectivity index (χ3v) is 12.8. The first-order valence-corrected chi connectivity index (χ1v) is 24.4. The Bertz CT molecular complexity index is 3560. The first-order chi connectivity index (χ1) is 35.9. The predicted octanol–water partition coefficient (Wildman–Crippen LogP) is 10.3. The standard InChI is InChI=1S/C58H54F2N6O9/c1-33(2)24-49(65-31-61-45-20-7-5-17-41(45)57(65)73)55(71)63-46(29-52(67)68)36-13-9-12-35(26-36)40-16-6-8-21-51(40)75-39-22-23-42-48(28-39)62-32-66(58(42)74)50(25-34(3)4)56(72)64-47(30-53(69)70)37-14-10-15-38(27-37)54-43(59)18-11-19-44(54)60/h5-23,26-28,31-34,46-47,49-50H,24-25,29-30H2,1-4H3,(H,63,71)(H,64,72)(H,67,68)(H,69,70)/t46-,47-,49-,50-/m0/s1. The molecule has 75 heavy (non-hydrogen) atoms. The van der Waals surface area contributed by atoms with E-state index in [0.717, 1.165) is 12.1 Å². The molecule has 4 N–H and O–H groups in total. The minimum absolute atomic E-state index is 0.0100. The Labute approximate surface area is 429 Å². The number of amides is 2. The smallest absolute Gasteiger partial charge is 0.305 e. The maximum absolute atomic E-state index is 14.8. The van der Waals surface area contributed by atoms with Crippen LogP contribution in [0.15, 0.2) is 156 Å². The number of rotatable bonds is 20. The number of carboxylic acid groups (broad SMARTS) is 2. The van der Waals surface area contributed by atoms with Crippen LogP contribution in [0.3, 0.4) is 0 Å². The number of ether oxygens (including phenoxy) is 1. The Morgan fingerprint density at radius 3 is 1.64 bits per heavy atom. The highest BCUT2D eigenvalue weighted by molar-refractivity contribution is 5.85. The molecule has 4 atom stereocenters. The number of fused-ring (bicyclic) bond motifs is 2. The fraction of sp³-hybridized carbons (Fsp3) is 0.241. The number of carbonyl (C=O) groups is 4. The molecule has 0 aliphatic heterocycles. The van der Waals surface area contributed by atoms with E-state index in [9.17, 15) is 47.8 Å². The van der Waals surface area contributed by atoms with Gasteiger partial charge in [-0.25, -0.2) is 18.7 Å². The van der Waals surface area contributed by atoms with Crippen molar-refractivity contribution in [3.63, 3.8) is 0 Å². The molecule has 0 aliphatic rings. The van der Waals surface area contributed by atoms with Crippen LogP contribution in [0.5, 0.6) is 11.5 Å². The van der Waals surface area contributed by atoms with Gasteiger partial charge in [-0.1, -0.05) is 100 Å². The molecule has 2 amide bonds. The molecular formula is C58H54F2N6O9. The number of nitrogens with zero attached hydrogens (tertiary/aromatic N) is 4. The number of aromatic nitrogens is 4. The van der Waals surface area contributed by atoms with Crippen molar-refractivity contribution in [2.45, 2.75) is 77.5 Å². The molecule has 0 saturated heterocycles. The van der Waals surface area contributed by atoms with Gasteiger partial charge < -0.3 is 25.6 Å². The number of hydrogen-bond acceptors (Lipinski definition) is 9. The van der Waals surface area contributed by atoms with Gasteiger partial charge in [-0.2, -0.15) is 0 Å². The molecule has 0 aliphatic carbocycles. The summed E-state index contributed by atoms with van der Waals surface area (Å²) >= 11 is 0. The van der Waals surface area contributed by atoms with E-state index in [0.29, 0.717) is 39.1 Å². The summed E-state index contributed by atoms with van der Waals surface area (Å²) in [7, 11) is 0. The Kier molecular flexibility index (Phi) is 16.0. The summed E-state index contributed by atoms with van der Waals surface area (Å²) in [5, 5.41) is 26.1. The summed E-state index contributed by atoms with van der Waals surface area (Å²) in [6.45, 7) is 7.58. The SMILES string of the molecule is CC(C)C[C@@H](C(=O)N[C@@H](CC(=O)O)c1cccc(-c2ccccc2Oc2ccc3c(=O)n([C@@H](CC(C)C)C(=O)N[C@@H](CC(=O)O)c4cccc(-c5c(F)cccc5F)c4)cnc3c2)c1)n1cnc2ccccc2c1=O. The molecule has 8 aromatic rings. The summed E-state index contributed by atoms with van der Waals surface area (Å²) in [4.78, 5) is 89.7. The second-order valence-corrected chi connectivity index (χ2v) is 19.2. The van der Waals surface area contributed by atoms with Gasteiger partial charge in [0.15, 0.2) is 0 Å². The van der Waals surface area contributed by atoms with Gasteiger partial charge in [0.05, 0.1) is 64.9 Å². The van der Waals surface area contributed by atoms with Crippen molar-refractivity contribution < 1.29 is 42.9 Å². The zero-order valence-corrected chi connectivity index (χ0v) is 41.4. The first kappa shape index (κ1) is 52.5. The first-order valence-electron chi connectivity index (χ1n) is 24.4. The monoisotopic (exact) mass is 1020 g/mol. The number of hydrogen-bond donors (Lipinski definition) is 4. The van der Waals surface area contributed by atoms with Crippen molar-refractivity contribution in [3.8, 4) is 33.8 Å². The van der Waals surface area contributed by atoms with E-state index >= 15 is 0 Å². The van der Waals surface area contributed by atoms with E-state index in [4.69, 9.17) is 4.74 Å². The maximum atomic E-state index is 14.8. The second-order valence-electron chi connectivity index (χ2n) is 19.2. The fourth-order valence-electron chi connectivity index (χ4n) is 9.21. The molecule has 2 heterocycles. The van der Waals surface area contributed by atoms with Crippen LogP contribution in [-0.2, 0) is 19.2 Å². The molecule has 0 saturated carbocycles. The summed E-state index contributed by atoms with van der Waals surface area (Å²) < 4.78 is 38.5. The third-order valence-electron chi connectivity index (χ3n) is 12.8. The van der Waals surface area contributed by atoms with Crippen LogP contribution in [-0.4, -0.2) is 53.1 Å². The van der Waals surface area contributed by atoms with Crippen molar-refractivity contribution in [1.82, 2.24) is 29.7 Å². The Morgan fingerprint density at radius 2 is 1.07 bits per heavy atom. The zero-order chi connectivity index (χ0) is 53.5. The summed E-state index contributed by atoms with van der Waals surface area (Å²) in [6, 6.07) is 30.9. The summed E-state index contributed by atoms with van der Waals surface area (Å²) in [5.74, 6) is -4.63. The molecule has 0 spiro atoms. The number of nitrogens with one attached hydrogen (secondary N) is 2. The molecule has 0 unspecified atom stereocenters. The average Bonchev–Trinajstić information content (AvgIpc) is 3.37. The lowest BCUT2D eigenvalue weighted by Gasteiger charge is -2.25. The zero-order valence-electron chi connectivity index (χ0n) is 41.4. The third kappa shape index (κ3) is 12.2. The molecule has 0 bridgehead atoms. The molecule has 0 radical (unpaired) electrons. The van der Waals surface area contributed by atoms with Crippen LogP contribution in [0, 0.1) is 23.5 Å². The van der Waals surface area contributed by atoms with Gasteiger partial charge in [-0.3, -0.25) is 37.9 Å². The second kappa shape index (κ2) is 22.9. The van der Waals surface area contributed by atoms with Crippen molar-refractivity contribution in [2.75, 3.05) is 0 Å². The van der Waals surface area contributed by atoms with Crippen LogP contribution in [0.25, 0.3) is 44.1 Å². The molecule has 6 aromatic carbocycles. The van der Waals surface area contributed by atoms with Crippen LogP contribution < -0.4 is 26.5 Å². The summed E-state index contributed by atoms with van der Waals surface area (Å²) in [6.07, 6.45) is 2.04. The van der Waals surface area contributed by atoms with E-state index in [1.165, 1.54) is 52.1 Å². The minimum Gasteiger partial charge on any atom is -0.481 e. The van der Waals surface area contributed by atoms with Crippen LogP contribution in [0.4, 0.5) is 8.78 Å². The van der Waals surface area contributed by atoms with E-state index in [1.807, 2.05) is 39.8 Å². The Morgan fingerprint density at radius 1 is 0.573 bits per heavy atom. The lowest BCUT2D eigenvalue weighted by molar-refractivity contribution is -0.139. The minimum atomic E-state index is -1.24. The highest BCUT2D eigenvalue weighted by Gasteiger charge is 2.30. The number of benzene rings is 6. The van der Waals surface area contributed by atoms with E-state index in [1.54, 1.807) is 78.9 Å². The molecule has 384 valence electrons. The lowest BCUT2D eigenvalue weighted by atomic mass is 9.96. The molecule has 15 nitrogen and oxygen atoms in total. The van der Waals surface area contributed by atoms with E-state index < -0.39 is 78.0 Å². The van der Waals surface area contributed by atoms with Gasteiger partial charge in [0.1, 0.15) is 35.2 Å². The Balaban J connectivity index is 1.04. The van der Waals surface area contributed by atoms with Gasteiger partial charge in [-0.15, -0.1) is 0 Å². The van der Waals surface area contributed by atoms with E-state index in [2.05, 4.69) is 20.6 Å². The van der Waals surface area contributed by atoms with Crippen LogP contribution in [0.2, 0.25) is 0 Å². The maximum Gasteiger partial charge on any atom is 0.305 e. The normalized spacial score (nSPS) is 13.1. The molecule has 17 heteroatoms. The van der Waals surface area contributed by atoms with Crippen molar-refractivity contribution in [3.05, 3.63) is 190 Å². The van der Waals surface area contributed by atoms with Crippen LogP contribution in [0.1, 0.15) is 88.7 Å². The van der Waals surface area contributed by atoms with Gasteiger partial charge in [0.25, 0.3) is 11.1 Å². The number of halogens is 2. The molecule has 0 fully saturated rings. The van der Waals surface area contributed by atoms with Gasteiger partial charge in [0.2, 0.25) is 11.8 Å². The lowest BCUT2D eigenvalue weighted by Crippen LogP contribution is -2.40. The number of carboxylic acids is 2. The number of aliphatic carboxylic acids is 2. The van der Waals surface area contributed by atoms with Gasteiger partial charge in [0, 0.05) is 11.6 Å². The topological polar surface area (TPSA) is 212 Å². The molecular weight excluding hydrogens is 963 g/mol. The van der Waals surface area contributed by atoms with Crippen LogP contribution >= 0.6 is 0 Å². The highest BCUT2D eigenvalue weighted by Crippen LogP contribution is 2.36.